The van der Waals surface area contributed by atoms with Crippen LogP contribution in [0.4, 0.5) is 0 Å². The number of hydrogen-bond donors (Lipinski definition) is 0. The Morgan fingerprint density at radius 2 is 1.71 bits per heavy atom. The van der Waals surface area contributed by atoms with Crippen molar-refractivity contribution in [3.63, 3.8) is 0 Å². The molecule has 0 saturated heterocycles. The maximum atomic E-state index is 13.0. The molecular weight excluding hydrogens is 435 g/mol. The van der Waals surface area contributed by atoms with E-state index in [0.717, 1.165) is 23.1 Å². The van der Waals surface area contributed by atoms with Crippen molar-refractivity contribution in [2.75, 3.05) is 6.61 Å². The summed E-state index contributed by atoms with van der Waals surface area (Å²) in [5, 5.41) is 7.31. The summed E-state index contributed by atoms with van der Waals surface area (Å²) < 4.78 is 5.62. The van der Waals surface area contributed by atoms with Crippen LogP contribution in [0.2, 0.25) is 10.0 Å². The van der Waals surface area contributed by atoms with Crippen LogP contribution in [-0.4, -0.2) is 29.5 Å². The number of rotatable bonds is 6. The van der Waals surface area contributed by atoms with Crippen molar-refractivity contribution in [2.45, 2.75) is 12.5 Å². The number of hydrazone groups is 1. The maximum absolute atomic E-state index is 13.0. The lowest BCUT2D eigenvalue weighted by atomic mass is 9.98. The number of carbonyl (C=O) groups excluding carboxylic acids is 2. The van der Waals surface area contributed by atoms with E-state index in [1.165, 1.54) is 5.01 Å². The summed E-state index contributed by atoms with van der Waals surface area (Å²) in [5.74, 6) is 0.155. The Kier molecular flexibility index (Phi) is 6.35. The minimum atomic E-state index is -0.291. The van der Waals surface area contributed by atoms with Gasteiger partial charge in [-0.2, -0.15) is 5.10 Å². The van der Waals surface area contributed by atoms with Crippen LogP contribution < -0.4 is 4.74 Å². The number of ether oxygens (including phenoxy) is 1. The number of halogens is 2. The standard InChI is InChI=1S/C24H18Cl2N2O3/c25-19-8-4-17(5-9-19)22-13-23(18-6-10-20(26)11-7-18)28(27-22)24(30)15-31-21-3-1-2-16(12-21)14-29/h1-12,14,23H,13,15H2. The van der Waals surface area contributed by atoms with E-state index in [0.29, 0.717) is 27.8 Å². The van der Waals surface area contributed by atoms with Crippen molar-refractivity contribution < 1.29 is 14.3 Å². The van der Waals surface area contributed by atoms with Crippen LogP contribution in [0.5, 0.6) is 5.75 Å². The zero-order valence-electron chi connectivity index (χ0n) is 16.4. The molecule has 0 N–H and O–H groups in total. The van der Waals surface area contributed by atoms with Gasteiger partial charge in [0.05, 0.1) is 11.8 Å². The maximum Gasteiger partial charge on any atom is 0.281 e. The highest BCUT2D eigenvalue weighted by molar-refractivity contribution is 6.31. The SMILES string of the molecule is O=Cc1cccc(OCC(=O)N2N=C(c3ccc(Cl)cc3)CC2c2ccc(Cl)cc2)c1. The number of hydrogen-bond acceptors (Lipinski definition) is 4. The molecule has 31 heavy (non-hydrogen) atoms. The van der Waals surface area contributed by atoms with Gasteiger partial charge in [0.2, 0.25) is 0 Å². The highest BCUT2D eigenvalue weighted by atomic mass is 35.5. The van der Waals surface area contributed by atoms with Gasteiger partial charge in [-0.25, -0.2) is 5.01 Å². The number of nitrogens with zero attached hydrogens (tertiary/aromatic N) is 2. The topological polar surface area (TPSA) is 59.0 Å². The lowest BCUT2D eigenvalue weighted by molar-refractivity contribution is -0.135. The predicted octanol–water partition coefficient (Wildman–Crippen LogP) is 5.56. The fraction of sp³-hybridized carbons (Fsp3) is 0.125. The minimum absolute atomic E-state index is 0.205. The van der Waals surface area contributed by atoms with Crippen LogP contribution in [0.25, 0.3) is 0 Å². The largest absolute Gasteiger partial charge is 0.484 e. The van der Waals surface area contributed by atoms with Gasteiger partial charge in [0.15, 0.2) is 6.61 Å². The van der Waals surface area contributed by atoms with Crippen LogP contribution in [0.15, 0.2) is 77.9 Å². The van der Waals surface area contributed by atoms with E-state index in [-0.39, 0.29) is 18.6 Å². The Morgan fingerprint density at radius 1 is 1.03 bits per heavy atom. The Balaban J connectivity index is 1.57. The van der Waals surface area contributed by atoms with Gasteiger partial charge in [-0.3, -0.25) is 9.59 Å². The first-order valence-electron chi connectivity index (χ1n) is 9.62. The molecule has 0 aromatic heterocycles. The third-order valence-corrected chi connectivity index (χ3v) is 5.46. The summed E-state index contributed by atoms with van der Waals surface area (Å²) >= 11 is 12.0. The average molecular weight is 453 g/mol. The smallest absolute Gasteiger partial charge is 0.281 e. The number of aldehydes is 1. The third kappa shape index (κ3) is 4.95. The van der Waals surface area contributed by atoms with Crippen LogP contribution in [0.1, 0.15) is 33.9 Å². The molecule has 1 aliphatic heterocycles. The molecule has 1 amide bonds. The van der Waals surface area contributed by atoms with E-state index in [2.05, 4.69) is 5.10 Å². The van der Waals surface area contributed by atoms with Crippen LogP contribution in [0.3, 0.4) is 0 Å². The van der Waals surface area contributed by atoms with Crippen molar-refractivity contribution in [1.29, 1.82) is 0 Å². The molecule has 0 radical (unpaired) electrons. The number of carbonyl (C=O) groups is 2. The lowest BCUT2D eigenvalue weighted by Crippen LogP contribution is -2.31. The van der Waals surface area contributed by atoms with E-state index < -0.39 is 0 Å². The molecule has 0 spiro atoms. The zero-order valence-corrected chi connectivity index (χ0v) is 17.9. The molecule has 0 bridgehead atoms. The Hall–Kier alpha value is -3.15. The van der Waals surface area contributed by atoms with Crippen LogP contribution in [-0.2, 0) is 4.79 Å². The molecule has 1 heterocycles. The van der Waals surface area contributed by atoms with E-state index >= 15 is 0 Å². The van der Waals surface area contributed by atoms with Gasteiger partial charge in [-0.1, -0.05) is 59.6 Å². The Morgan fingerprint density at radius 3 is 2.39 bits per heavy atom. The van der Waals surface area contributed by atoms with E-state index in [1.54, 1.807) is 48.5 Å². The summed E-state index contributed by atoms with van der Waals surface area (Å²) in [6, 6.07) is 21.1. The number of benzene rings is 3. The lowest BCUT2D eigenvalue weighted by Gasteiger charge is -2.22. The Labute approximate surface area is 189 Å². The Bertz CT molecular complexity index is 1130. The fourth-order valence-corrected chi connectivity index (χ4v) is 3.64. The second kappa shape index (κ2) is 9.33. The van der Waals surface area contributed by atoms with Crippen molar-refractivity contribution in [1.82, 2.24) is 5.01 Å². The molecule has 5 nitrogen and oxygen atoms in total. The molecular formula is C24H18Cl2N2O3. The second-order valence-corrected chi connectivity index (χ2v) is 7.92. The van der Waals surface area contributed by atoms with E-state index in [1.807, 2.05) is 24.3 Å². The van der Waals surface area contributed by atoms with E-state index in [9.17, 15) is 9.59 Å². The van der Waals surface area contributed by atoms with Gasteiger partial charge >= 0.3 is 0 Å². The molecule has 0 aliphatic carbocycles. The normalized spacial score (nSPS) is 15.5. The van der Waals surface area contributed by atoms with Crippen LogP contribution in [0, 0.1) is 0 Å². The molecule has 4 rings (SSSR count). The van der Waals surface area contributed by atoms with Crippen molar-refractivity contribution in [2.24, 2.45) is 5.10 Å². The highest BCUT2D eigenvalue weighted by Gasteiger charge is 2.33. The van der Waals surface area contributed by atoms with Gasteiger partial charge in [0.25, 0.3) is 5.91 Å². The summed E-state index contributed by atoms with van der Waals surface area (Å²) in [7, 11) is 0. The zero-order chi connectivity index (χ0) is 21.8. The molecule has 3 aromatic carbocycles. The molecule has 0 fully saturated rings. The minimum Gasteiger partial charge on any atom is -0.484 e. The highest BCUT2D eigenvalue weighted by Crippen LogP contribution is 2.33. The molecule has 3 aromatic rings. The molecule has 7 heteroatoms. The third-order valence-electron chi connectivity index (χ3n) is 4.95. The molecule has 0 saturated carbocycles. The fourth-order valence-electron chi connectivity index (χ4n) is 3.39. The molecule has 1 atom stereocenters. The van der Waals surface area contributed by atoms with Gasteiger partial charge in [-0.15, -0.1) is 0 Å². The number of amides is 1. The second-order valence-electron chi connectivity index (χ2n) is 7.04. The quantitative estimate of drug-likeness (QED) is 0.459. The van der Waals surface area contributed by atoms with Crippen molar-refractivity contribution in [3.8, 4) is 5.75 Å². The first kappa shape index (κ1) is 21.1. The predicted molar refractivity (Wildman–Crippen MR) is 121 cm³/mol. The van der Waals surface area contributed by atoms with Crippen LogP contribution >= 0.6 is 23.2 Å². The van der Waals surface area contributed by atoms with Gasteiger partial charge < -0.3 is 4.74 Å². The monoisotopic (exact) mass is 452 g/mol. The van der Waals surface area contributed by atoms with Gasteiger partial charge in [-0.05, 0) is 47.5 Å². The summed E-state index contributed by atoms with van der Waals surface area (Å²) in [4.78, 5) is 24.0. The average Bonchev–Trinajstić information content (AvgIpc) is 3.24. The molecule has 156 valence electrons. The van der Waals surface area contributed by atoms with Gasteiger partial charge in [0, 0.05) is 22.0 Å². The summed E-state index contributed by atoms with van der Waals surface area (Å²) in [6.45, 7) is -0.205. The van der Waals surface area contributed by atoms with E-state index in [4.69, 9.17) is 27.9 Å². The first-order chi connectivity index (χ1) is 15.0. The molecule has 1 aliphatic rings. The summed E-state index contributed by atoms with van der Waals surface area (Å²) in [6.07, 6.45) is 1.28. The molecule has 1 unspecified atom stereocenters. The first-order valence-corrected chi connectivity index (χ1v) is 10.4. The van der Waals surface area contributed by atoms with Crippen molar-refractivity contribution >= 4 is 41.1 Å². The van der Waals surface area contributed by atoms with Crippen molar-refractivity contribution in [3.05, 3.63) is 99.5 Å². The van der Waals surface area contributed by atoms with Gasteiger partial charge in [0.1, 0.15) is 12.0 Å². The summed E-state index contributed by atoms with van der Waals surface area (Å²) in [5.41, 5.74) is 3.09.